The molecule has 0 amide bonds. The van der Waals surface area contributed by atoms with Crippen molar-refractivity contribution in [1.82, 2.24) is 0 Å². The third kappa shape index (κ3) is 2.26. The zero-order valence-electron chi connectivity index (χ0n) is 8.62. The van der Waals surface area contributed by atoms with E-state index in [4.69, 9.17) is 0 Å². The molecule has 0 aromatic heterocycles. The summed E-state index contributed by atoms with van der Waals surface area (Å²) in [5, 5.41) is 0. The molecule has 0 saturated heterocycles. The molecule has 13 heavy (non-hydrogen) atoms. The van der Waals surface area contributed by atoms with Gasteiger partial charge in [-0.1, -0.05) is 0 Å². The first-order valence-corrected chi connectivity index (χ1v) is 11.3. The van der Waals surface area contributed by atoms with Crippen molar-refractivity contribution >= 4 is 22.4 Å². The second kappa shape index (κ2) is 4.47. The monoisotopic (exact) mass is 286 g/mol. The van der Waals surface area contributed by atoms with Crippen LogP contribution in [-0.4, -0.2) is 22.2 Å². The second-order valence-electron chi connectivity index (χ2n) is 3.80. The molecule has 72 valence electrons. The van der Waals surface area contributed by atoms with Gasteiger partial charge in [-0.2, -0.15) is 0 Å². The van der Waals surface area contributed by atoms with Crippen LogP contribution in [0.5, 0.6) is 0 Å². The Bertz CT molecular complexity index is 258. The van der Waals surface area contributed by atoms with E-state index in [9.17, 15) is 3.44 Å². The predicted octanol–water partition coefficient (Wildman–Crippen LogP) is 2.26. The average Bonchev–Trinajstić information content (AvgIpc) is 2.17. The molecule has 0 heterocycles. The molecule has 0 saturated carbocycles. The quantitative estimate of drug-likeness (QED) is 0.845. The Hall–Kier alpha value is -0.0213. The minimum absolute atomic E-state index is 0.460. The normalized spacial score (nSPS) is 15.8. The summed E-state index contributed by atoms with van der Waals surface area (Å²) in [4.78, 5) is 0. The van der Waals surface area contributed by atoms with Crippen LogP contribution in [0.1, 0.15) is 20.8 Å². The van der Waals surface area contributed by atoms with Crippen LogP contribution in [0.25, 0.3) is 0 Å². The van der Waals surface area contributed by atoms with Crippen molar-refractivity contribution in [1.29, 1.82) is 0 Å². The predicted molar refractivity (Wildman–Crippen MR) is 59.6 cm³/mol. The summed E-state index contributed by atoms with van der Waals surface area (Å²) in [6.45, 7) is 6.40. The number of hydrogen-bond acceptors (Lipinski definition) is 1. The molecule has 2 heteroatoms. The number of hydrogen-bond donors (Lipinski definition) is 1. The Kier molecular flexibility index (Phi) is 3.80. The summed E-state index contributed by atoms with van der Waals surface area (Å²) in [6, 6.07) is 10.2. The van der Waals surface area contributed by atoms with Crippen LogP contribution in [0.4, 0.5) is 0 Å². The minimum atomic E-state index is -2.95. The van der Waals surface area contributed by atoms with Crippen molar-refractivity contribution in [3.8, 4) is 0 Å². The van der Waals surface area contributed by atoms with E-state index >= 15 is 0 Å². The molecular formula is C11H18OSn. The second-order valence-corrected chi connectivity index (χ2v) is 16.0. The van der Waals surface area contributed by atoms with Gasteiger partial charge in [0.2, 0.25) is 0 Å². The Labute approximate surface area is 85.2 Å². The maximum absolute atomic E-state index is 10.6. The van der Waals surface area contributed by atoms with Gasteiger partial charge in [0, 0.05) is 0 Å². The summed E-state index contributed by atoms with van der Waals surface area (Å²) in [5.41, 5.74) is 0. The van der Waals surface area contributed by atoms with E-state index in [2.05, 4.69) is 32.9 Å². The van der Waals surface area contributed by atoms with Crippen molar-refractivity contribution in [3.05, 3.63) is 30.3 Å². The SMILES string of the molecule is C[CH2][Sn]([OH])([c]1ccccc1)[CH](C)C. The molecule has 0 radical (unpaired) electrons. The third-order valence-corrected chi connectivity index (χ3v) is 15.1. The molecule has 1 nitrogen and oxygen atoms in total. The molecule has 0 bridgehead atoms. The topological polar surface area (TPSA) is 20.2 Å². The Morgan fingerprint density at radius 3 is 2.15 bits per heavy atom. The number of benzene rings is 1. The first-order chi connectivity index (χ1) is 6.11. The van der Waals surface area contributed by atoms with Gasteiger partial charge < -0.3 is 0 Å². The van der Waals surface area contributed by atoms with Gasteiger partial charge in [-0.15, -0.1) is 0 Å². The van der Waals surface area contributed by atoms with E-state index in [1.165, 1.54) is 3.58 Å². The van der Waals surface area contributed by atoms with E-state index in [1.54, 1.807) is 0 Å². The maximum atomic E-state index is 10.6. The van der Waals surface area contributed by atoms with E-state index in [-0.39, 0.29) is 0 Å². The van der Waals surface area contributed by atoms with Gasteiger partial charge in [-0.05, 0) is 0 Å². The summed E-state index contributed by atoms with van der Waals surface area (Å²) >= 11 is -2.95. The summed E-state index contributed by atoms with van der Waals surface area (Å²) in [7, 11) is 0. The van der Waals surface area contributed by atoms with Crippen LogP contribution in [0.3, 0.4) is 0 Å². The van der Waals surface area contributed by atoms with Crippen LogP contribution in [0, 0.1) is 0 Å². The van der Waals surface area contributed by atoms with Gasteiger partial charge in [0.05, 0.1) is 0 Å². The summed E-state index contributed by atoms with van der Waals surface area (Å²) < 4.78 is 13.2. The van der Waals surface area contributed by atoms with Gasteiger partial charge in [-0.25, -0.2) is 0 Å². The van der Waals surface area contributed by atoms with E-state index in [0.29, 0.717) is 3.93 Å². The fraction of sp³-hybridized carbons (Fsp3) is 0.455. The molecule has 0 aliphatic carbocycles. The fourth-order valence-electron chi connectivity index (χ4n) is 1.67. The van der Waals surface area contributed by atoms with Crippen LogP contribution >= 0.6 is 0 Å². The first kappa shape index (κ1) is 11.1. The standard InChI is InChI=1S/C6H5.C3H7.C2H5.H2O.Sn/c1-2-4-6-5-3-1;1-3-2;1-2;;/h1-5H;3H,1-2H3;1H2,2H3;1H2;/q;;;;+1/p-1. The van der Waals surface area contributed by atoms with Gasteiger partial charge in [0.25, 0.3) is 0 Å². The molecular weight excluding hydrogens is 267 g/mol. The van der Waals surface area contributed by atoms with Crippen molar-refractivity contribution in [3.63, 3.8) is 0 Å². The van der Waals surface area contributed by atoms with E-state index in [0.717, 1.165) is 4.44 Å². The Balaban J connectivity index is 3.03. The van der Waals surface area contributed by atoms with Gasteiger partial charge in [0.15, 0.2) is 0 Å². The summed E-state index contributed by atoms with van der Waals surface area (Å²) in [6.07, 6.45) is 0. The molecule has 1 rings (SSSR count). The average molecular weight is 285 g/mol. The van der Waals surface area contributed by atoms with Gasteiger partial charge >= 0.3 is 85.3 Å². The number of rotatable bonds is 3. The molecule has 1 aromatic carbocycles. The van der Waals surface area contributed by atoms with Crippen molar-refractivity contribution in [2.75, 3.05) is 0 Å². The van der Waals surface area contributed by atoms with Crippen molar-refractivity contribution < 1.29 is 3.44 Å². The van der Waals surface area contributed by atoms with E-state index < -0.39 is 18.8 Å². The van der Waals surface area contributed by atoms with Crippen LogP contribution in [0.2, 0.25) is 8.37 Å². The molecule has 1 atom stereocenters. The molecule has 0 fully saturated rings. The molecule has 1 unspecified atom stereocenters. The van der Waals surface area contributed by atoms with Crippen LogP contribution in [-0.2, 0) is 0 Å². The van der Waals surface area contributed by atoms with E-state index in [1.807, 2.05) is 18.2 Å². The Morgan fingerprint density at radius 2 is 1.77 bits per heavy atom. The zero-order valence-corrected chi connectivity index (χ0v) is 11.5. The van der Waals surface area contributed by atoms with Crippen molar-refractivity contribution in [2.45, 2.75) is 29.1 Å². The molecule has 1 N–H and O–H groups in total. The molecule has 1 aromatic rings. The zero-order chi connectivity index (χ0) is 9.90. The Morgan fingerprint density at radius 1 is 1.23 bits per heavy atom. The first-order valence-electron chi connectivity index (χ1n) is 4.89. The van der Waals surface area contributed by atoms with Crippen molar-refractivity contribution in [2.24, 2.45) is 0 Å². The third-order valence-electron chi connectivity index (χ3n) is 2.77. The fourth-order valence-corrected chi connectivity index (χ4v) is 9.27. The molecule has 0 aliphatic heterocycles. The van der Waals surface area contributed by atoms with Gasteiger partial charge in [0.1, 0.15) is 0 Å². The summed E-state index contributed by atoms with van der Waals surface area (Å²) in [5.74, 6) is 0. The van der Waals surface area contributed by atoms with Gasteiger partial charge in [-0.3, -0.25) is 0 Å². The molecule has 0 aliphatic rings. The van der Waals surface area contributed by atoms with Crippen LogP contribution < -0.4 is 3.58 Å². The van der Waals surface area contributed by atoms with Crippen LogP contribution in [0.15, 0.2) is 30.3 Å². The molecule has 0 spiro atoms.